The fourth-order valence-corrected chi connectivity index (χ4v) is 3.15. The molecule has 0 spiro atoms. The molecule has 7 nitrogen and oxygen atoms in total. The summed E-state index contributed by atoms with van der Waals surface area (Å²) in [4.78, 5) is 36.1. The van der Waals surface area contributed by atoms with Crippen LogP contribution in [0.5, 0.6) is 5.75 Å². The molecule has 158 valence electrons. The molecule has 0 saturated carbocycles. The summed E-state index contributed by atoms with van der Waals surface area (Å²) in [6.07, 6.45) is 0.163. The van der Waals surface area contributed by atoms with Gasteiger partial charge in [-0.15, -0.1) is 0 Å². The molecule has 0 heterocycles. The van der Waals surface area contributed by atoms with Crippen LogP contribution >= 0.6 is 11.6 Å². The maximum Gasteiger partial charge on any atom is 0.337 e. The molecule has 0 saturated heterocycles. The molecule has 31 heavy (non-hydrogen) atoms. The lowest BCUT2D eigenvalue weighted by Crippen LogP contribution is -2.16. The van der Waals surface area contributed by atoms with E-state index in [0.717, 1.165) is 5.56 Å². The van der Waals surface area contributed by atoms with E-state index in [1.807, 2.05) is 0 Å². The van der Waals surface area contributed by atoms with Crippen molar-refractivity contribution >= 4 is 40.8 Å². The number of amides is 2. The van der Waals surface area contributed by atoms with E-state index in [9.17, 15) is 19.5 Å². The van der Waals surface area contributed by atoms with Crippen LogP contribution in [0.25, 0.3) is 0 Å². The van der Waals surface area contributed by atoms with Crippen LogP contribution in [0.15, 0.2) is 66.7 Å². The molecule has 3 N–H and O–H groups in total. The maximum atomic E-state index is 12.6. The summed E-state index contributed by atoms with van der Waals surface area (Å²) in [5.41, 5.74) is 1.53. The lowest BCUT2D eigenvalue weighted by Gasteiger charge is -2.11. The number of halogens is 1. The van der Waals surface area contributed by atoms with Crippen LogP contribution in [-0.4, -0.2) is 30.0 Å². The summed E-state index contributed by atoms with van der Waals surface area (Å²) in [7, 11) is 1.57. The molecule has 8 heteroatoms. The minimum Gasteiger partial charge on any atom is -0.497 e. The van der Waals surface area contributed by atoms with Crippen molar-refractivity contribution < 1.29 is 24.2 Å². The Bertz CT molecular complexity index is 1130. The van der Waals surface area contributed by atoms with Crippen LogP contribution in [0.3, 0.4) is 0 Å². The first kappa shape index (κ1) is 21.9. The Morgan fingerprint density at radius 3 is 2.29 bits per heavy atom. The van der Waals surface area contributed by atoms with Gasteiger partial charge in [0.15, 0.2) is 0 Å². The van der Waals surface area contributed by atoms with E-state index >= 15 is 0 Å². The molecule has 0 radical (unpaired) electrons. The molecule has 3 rings (SSSR count). The minimum absolute atomic E-state index is 0.0330. The van der Waals surface area contributed by atoms with E-state index in [4.69, 9.17) is 16.3 Å². The zero-order valence-electron chi connectivity index (χ0n) is 16.5. The molecule has 2 amide bonds. The molecule has 0 aliphatic carbocycles. The molecule has 0 aliphatic rings. The van der Waals surface area contributed by atoms with Crippen molar-refractivity contribution in [2.24, 2.45) is 0 Å². The molecular formula is C23H19ClN2O5. The summed E-state index contributed by atoms with van der Waals surface area (Å²) in [5, 5.41) is 14.6. The van der Waals surface area contributed by atoms with Crippen molar-refractivity contribution in [2.75, 3.05) is 17.7 Å². The van der Waals surface area contributed by atoms with Crippen LogP contribution < -0.4 is 15.4 Å². The third-order valence-electron chi connectivity index (χ3n) is 4.43. The standard InChI is InChI=1S/C23H19ClN2O5/c1-31-16-9-6-14(7-10-16)12-21(27)25-15-8-11-17(19(24)13-15)22(28)26-20-5-3-2-4-18(20)23(29)30/h2-11,13H,12H2,1H3,(H,25,27)(H,26,28)(H,29,30). The van der Waals surface area contributed by atoms with Gasteiger partial charge in [-0.25, -0.2) is 4.79 Å². The van der Waals surface area contributed by atoms with Gasteiger partial charge in [0, 0.05) is 5.69 Å². The largest absolute Gasteiger partial charge is 0.497 e. The summed E-state index contributed by atoms with van der Waals surface area (Å²) in [5.74, 6) is -1.25. The zero-order valence-corrected chi connectivity index (χ0v) is 17.3. The fourth-order valence-electron chi connectivity index (χ4n) is 2.88. The summed E-state index contributed by atoms with van der Waals surface area (Å²) >= 11 is 6.23. The second kappa shape index (κ2) is 9.77. The average molecular weight is 439 g/mol. The SMILES string of the molecule is COc1ccc(CC(=O)Nc2ccc(C(=O)Nc3ccccc3C(=O)O)c(Cl)c2)cc1. The van der Waals surface area contributed by atoms with Gasteiger partial charge in [0.2, 0.25) is 5.91 Å². The van der Waals surface area contributed by atoms with Gasteiger partial charge in [-0.3, -0.25) is 9.59 Å². The Balaban J connectivity index is 1.67. The molecule has 0 fully saturated rings. The van der Waals surface area contributed by atoms with Crippen LogP contribution in [0.1, 0.15) is 26.3 Å². The number of carboxylic acid groups (broad SMARTS) is 1. The van der Waals surface area contributed by atoms with Crippen molar-refractivity contribution in [2.45, 2.75) is 6.42 Å². The fraction of sp³-hybridized carbons (Fsp3) is 0.0870. The normalized spacial score (nSPS) is 10.3. The van der Waals surface area contributed by atoms with Crippen molar-refractivity contribution in [3.05, 3.63) is 88.4 Å². The Morgan fingerprint density at radius 1 is 0.935 bits per heavy atom. The summed E-state index contributed by atoms with van der Waals surface area (Å²) in [6.45, 7) is 0. The highest BCUT2D eigenvalue weighted by molar-refractivity contribution is 6.34. The lowest BCUT2D eigenvalue weighted by molar-refractivity contribution is -0.115. The number of hydrogen-bond acceptors (Lipinski definition) is 4. The van der Waals surface area contributed by atoms with Gasteiger partial charge in [0.05, 0.1) is 35.4 Å². The van der Waals surface area contributed by atoms with Crippen molar-refractivity contribution in [1.82, 2.24) is 0 Å². The van der Waals surface area contributed by atoms with Crippen molar-refractivity contribution in [3.8, 4) is 5.75 Å². The van der Waals surface area contributed by atoms with Gasteiger partial charge in [-0.2, -0.15) is 0 Å². The predicted molar refractivity (Wildman–Crippen MR) is 118 cm³/mol. The van der Waals surface area contributed by atoms with Gasteiger partial charge >= 0.3 is 5.97 Å². The lowest BCUT2D eigenvalue weighted by atomic mass is 10.1. The van der Waals surface area contributed by atoms with E-state index in [1.54, 1.807) is 49.6 Å². The number of hydrogen-bond donors (Lipinski definition) is 3. The maximum absolute atomic E-state index is 12.6. The van der Waals surface area contributed by atoms with Gasteiger partial charge in [0.1, 0.15) is 5.75 Å². The van der Waals surface area contributed by atoms with E-state index < -0.39 is 11.9 Å². The number of rotatable bonds is 7. The third kappa shape index (κ3) is 5.61. The number of anilines is 2. The Labute approximate surface area is 183 Å². The first-order chi connectivity index (χ1) is 14.9. The van der Waals surface area contributed by atoms with E-state index in [1.165, 1.54) is 24.3 Å². The number of carbonyl (C=O) groups is 3. The van der Waals surface area contributed by atoms with E-state index in [2.05, 4.69) is 10.6 Å². The van der Waals surface area contributed by atoms with Gasteiger partial charge in [-0.1, -0.05) is 35.9 Å². The van der Waals surface area contributed by atoms with Crippen LogP contribution in [-0.2, 0) is 11.2 Å². The van der Waals surface area contributed by atoms with E-state index in [-0.39, 0.29) is 34.2 Å². The predicted octanol–water partition coefficient (Wildman–Crippen LogP) is 4.48. The highest BCUT2D eigenvalue weighted by atomic mass is 35.5. The highest BCUT2D eigenvalue weighted by Gasteiger charge is 2.16. The number of aromatic carboxylic acids is 1. The van der Waals surface area contributed by atoms with Crippen molar-refractivity contribution in [3.63, 3.8) is 0 Å². The molecule has 3 aromatic carbocycles. The second-order valence-corrected chi connectivity index (χ2v) is 6.98. The number of carboxylic acids is 1. The Morgan fingerprint density at radius 2 is 1.65 bits per heavy atom. The van der Waals surface area contributed by atoms with Gasteiger partial charge < -0.3 is 20.5 Å². The van der Waals surface area contributed by atoms with E-state index in [0.29, 0.717) is 11.4 Å². The topological polar surface area (TPSA) is 105 Å². The summed E-state index contributed by atoms with van der Waals surface area (Å²) in [6, 6.07) is 17.7. The number of carbonyl (C=O) groups excluding carboxylic acids is 2. The smallest absolute Gasteiger partial charge is 0.337 e. The summed E-state index contributed by atoms with van der Waals surface area (Å²) < 4.78 is 5.09. The Hall–Kier alpha value is -3.84. The molecule has 0 aliphatic heterocycles. The van der Waals surface area contributed by atoms with Crippen LogP contribution in [0.2, 0.25) is 5.02 Å². The molecule has 0 aromatic heterocycles. The quantitative estimate of drug-likeness (QED) is 0.504. The number of benzene rings is 3. The minimum atomic E-state index is -1.16. The van der Waals surface area contributed by atoms with Crippen molar-refractivity contribution in [1.29, 1.82) is 0 Å². The van der Waals surface area contributed by atoms with Gasteiger partial charge in [0.25, 0.3) is 5.91 Å². The average Bonchev–Trinajstić information content (AvgIpc) is 2.74. The first-order valence-corrected chi connectivity index (χ1v) is 9.61. The monoisotopic (exact) mass is 438 g/mol. The molecule has 0 bridgehead atoms. The highest BCUT2D eigenvalue weighted by Crippen LogP contribution is 2.24. The number of ether oxygens (including phenoxy) is 1. The number of methoxy groups -OCH3 is 1. The number of para-hydroxylation sites is 1. The first-order valence-electron chi connectivity index (χ1n) is 9.23. The van der Waals surface area contributed by atoms with Crippen LogP contribution in [0, 0.1) is 0 Å². The third-order valence-corrected chi connectivity index (χ3v) is 4.74. The van der Waals surface area contributed by atoms with Crippen LogP contribution in [0.4, 0.5) is 11.4 Å². The molecular weight excluding hydrogens is 420 g/mol. The number of nitrogens with one attached hydrogen (secondary N) is 2. The van der Waals surface area contributed by atoms with Gasteiger partial charge in [-0.05, 0) is 48.0 Å². The Kier molecular flexibility index (Phi) is 6.89. The molecule has 0 unspecified atom stereocenters. The molecule has 3 aromatic rings. The zero-order chi connectivity index (χ0) is 22.4. The second-order valence-electron chi connectivity index (χ2n) is 6.57. The molecule has 0 atom stereocenters.